The van der Waals surface area contributed by atoms with Crippen molar-refractivity contribution < 1.29 is 27.5 Å². The molecule has 0 spiro atoms. The molecule has 0 bridgehead atoms. The normalized spacial score (nSPS) is 21.2. The van der Waals surface area contributed by atoms with Crippen molar-refractivity contribution in [1.82, 2.24) is 5.32 Å². The summed E-state index contributed by atoms with van der Waals surface area (Å²) in [6.07, 6.45) is 0.636. The van der Waals surface area contributed by atoms with E-state index in [-0.39, 0.29) is 37.3 Å². The maximum atomic E-state index is 13.9. The minimum atomic E-state index is -1.21. The number of benzene rings is 1. The molecule has 1 N–H and O–H groups in total. The molecule has 0 aliphatic carbocycles. The Morgan fingerprint density at radius 2 is 1.92 bits per heavy atom. The first-order valence-corrected chi connectivity index (χ1v) is 8.45. The van der Waals surface area contributed by atoms with Crippen LogP contribution in [0.15, 0.2) is 12.1 Å². The standard InChI is InChI=1S/C18H22F3NO3/c1-3-10(18(24)25-4-2)8-15(23)14-7-11(9-22-14)16-12(19)5-6-13(20)17(16)21/h5-6,10-11,14,22H,3-4,7-9H2,1-2H3/t10?,11-,14?/m0/s1. The van der Waals surface area contributed by atoms with Crippen molar-refractivity contribution in [3.63, 3.8) is 0 Å². The van der Waals surface area contributed by atoms with Crippen molar-refractivity contribution in [2.24, 2.45) is 5.92 Å². The number of carbonyl (C=O) groups is 2. The molecule has 2 unspecified atom stereocenters. The molecule has 0 amide bonds. The van der Waals surface area contributed by atoms with Crippen LogP contribution in [0.3, 0.4) is 0 Å². The molecule has 1 saturated heterocycles. The van der Waals surface area contributed by atoms with Crippen LogP contribution >= 0.6 is 0 Å². The van der Waals surface area contributed by atoms with Gasteiger partial charge in [0.2, 0.25) is 0 Å². The van der Waals surface area contributed by atoms with Gasteiger partial charge >= 0.3 is 5.97 Å². The van der Waals surface area contributed by atoms with E-state index in [1.165, 1.54) is 0 Å². The van der Waals surface area contributed by atoms with E-state index in [1.54, 1.807) is 13.8 Å². The highest BCUT2D eigenvalue weighted by atomic mass is 19.2. The van der Waals surface area contributed by atoms with Crippen LogP contribution in [0.1, 0.15) is 44.6 Å². The summed E-state index contributed by atoms with van der Waals surface area (Å²) in [5.41, 5.74) is -0.333. The summed E-state index contributed by atoms with van der Waals surface area (Å²) in [7, 11) is 0. The third-order valence-electron chi connectivity index (χ3n) is 4.57. The summed E-state index contributed by atoms with van der Waals surface area (Å²) in [5.74, 6) is -4.94. The topological polar surface area (TPSA) is 55.4 Å². The lowest BCUT2D eigenvalue weighted by molar-refractivity contribution is -0.149. The zero-order chi connectivity index (χ0) is 18.6. The fraction of sp³-hybridized carbons (Fsp3) is 0.556. The third kappa shape index (κ3) is 4.39. The van der Waals surface area contributed by atoms with Crippen LogP contribution in [0.25, 0.3) is 0 Å². The quantitative estimate of drug-likeness (QED) is 0.602. The number of carbonyl (C=O) groups excluding carboxylic acids is 2. The lowest BCUT2D eigenvalue weighted by atomic mass is 9.91. The van der Waals surface area contributed by atoms with Gasteiger partial charge in [0.25, 0.3) is 0 Å². The average molecular weight is 357 g/mol. The van der Waals surface area contributed by atoms with Crippen molar-refractivity contribution in [1.29, 1.82) is 0 Å². The maximum absolute atomic E-state index is 13.9. The zero-order valence-electron chi connectivity index (χ0n) is 14.3. The van der Waals surface area contributed by atoms with E-state index in [0.717, 1.165) is 12.1 Å². The fourth-order valence-corrected chi connectivity index (χ4v) is 3.16. The van der Waals surface area contributed by atoms with Gasteiger partial charge in [-0.15, -0.1) is 0 Å². The predicted octanol–water partition coefficient (Wildman–Crippen LogP) is 3.10. The van der Waals surface area contributed by atoms with Crippen LogP contribution in [-0.4, -0.2) is 30.9 Å². The van der Waals surface area contributed by atoms with E-state index in [0.29, 0.717) is 6.42 Å². The lowest BCUT2D eigenvalue weighted by Gasteiger charge is -2.16. The van der Waals surface area contributed by atoms with Gasteiger partial charge in [0.1, 0.15) is 5.82 Å². The van der Waals surface area contributed by atoms with Crippen LogP contribution in [0, 0.1) is 23.4 Å². The Kier molecular flexibility index (Phi) is 6.58. The molecular formula is C18H22F3NO3. The number of halogens is 3. The molecule has 0 aromatic heterocycles. The molecule has 1 aliphatic heterocycles. The number of rotatable bonds is 7. The van der Waals surface area contributed by atoms with Crippen LogP contribution < -0.4 is 5.32 Å². The molecule has 0 saturated carbocycles. The number of nitrogens with one attached hydrogen (secondary N) is 1. The van der Waals surface area contributed by atoms with Gasteiger partial charge in [0.05, 0.1) is 18.6 Å². The van der Waals surface area contributed by atoms with E-state index >= 15 is 0 Å². The van der Waals surface area contributed by atoms with Gasteiger partial charge in [-0.2, -0.15) is 0 Å². The Balaban J connectivity index is 2.04. The molecule has 1 heterocycles. The van der Waals surface area contributed by atoms with Crippen molar-refractivity contribution in [3.8, 4) is 0 Å². The highest BCUT2D eigenvalue weighted by molar-refractivity contribution is 5.88. The average Bonchev–Trinajstić information content (AvgIpc) is 3.06. The minimum Gasteiger partial charge on any atom is -0.466 e. The van der Waals surface area contributed by atoms with Crippen LogP contribution in [0.4, 0.5) is 13.2 Å². The molecule has 25 heavy (non-hydrogen) atoms. The van der Waals surface area contributed by atoms with Crippen molar-refractivity contribution in [2.45, 2.75) is 45.1 Å². The molecule has 1 aromatic carbocycles. The Morgan fingerprint density at radius 3 is 2.56 bits per heavy atom. The molecule has 4 nitrogen and oxygen atoms in total. The summed E-state index contributed by atoms with van der Waals surface area (Å²) in [5, 5.41) is 2.92. The Morgan fingerprint density at radius 1 is 1.24 bits per heavy atom. The minimum absolute atomic E-state index is 0.00777. The monoisotopic (exact) mass is 357 g/mol. The fourth-order valence-electron chi connectivity index (χ4n) is 3.16. The molecule has 3 atom stereocenters. The Bertz CT molecular complexity index is 651. The van der Waals surface area contributed by atoms with Gasteiger partial charge in [0, 0.05) is 24.4 Å². The van der Waals surface area contributed by atoms with E-state index < -0.39 is 41.3 Å². The van der Waals surface area contributed by atoms with E-state index in [9.17, 15) is 22.8 Å². The van der Waals surface area contributed by atoms with E-state index in [4.69, 9.17) is 4.74 Å². The van der Waals surface area contributed by atoms with Gasteiger partial charge in [-0.05, 0) is 31.9 Å². The van der Waals surface area contributed by atoms with Crippen molar-refractivity contribution in [2.75, 3.05) is 13.2 Å². The highest BCUT2D eigenvalue weighted by Crippen LogP contribution is 2.32. The molecule has 138 valence electrons. The SMILES string of the molecule is CCOC(=O)C(CC)CC(=O)C1C[C@H](c2c(F)ccc(F)c2F)CN1. The van der Waals surface area contributed by atoms with Crippen LogP contribution in [0.2, 0.25) is 0 Å². The number of esters is 1. The summed E-state index contributed by atoms with van der Waals surface area (Å²) < 4.78 is 46.1. The van der Waals surface area contributed by atoms with Gasteiger partial charge in [-0.3, -0.25) is 9.59 Å². The van der Waals surface area contributed by atoms with E-state index in [2.05, 4.69) is 5.32 Å². The Hall–Kier alpha value is -1.89. The van der Waals surface area contributed by atoms with Crippen molar-refractivity contribution in [3.05, 3.63) is 35.1 Å². The second-order valence-corrected chi connectivity index (χ2v) is 6.18. The summed E-state index contributed by atoms with van der Waals surface area (Å²) >= 11 is 0. The molecule has 1 aliphatic rings. The first-order valence-electron chi connectivity index (χ1n) is 8.45. The molecule has 2 rings (SSSR count). The smallest absolute Gasteiger partial charge is 0.309 e. The van der Waals surface area contributed by atoms with Crippen LogP contribution in [0.5, 0.6) is 0 Å². The summed E-state index contributed by atoms with van der Waals surface area (Å²) in [4.78, 5) is 24.2. The van der Waals surface area contributed by atoms with Gasteiger partial charge < -0.3 is 10.1 Å². The predicted molar refractivity (Wildman–Crippen MR) is 85.5 cm³/mol. The van der Waals surface area contributed by atoms with Crippen LogP contribution in [-0.2, 0) is 14.3 Å². The van der Waals surface area contributed by atoms with Gasteiger partial charge in [-0.1, -0.05) is 6.92 Å². The molecule has 1 fully saturated rings. The van der Waals surface area contributed by atoms with E-state index in [1.807, 2.05) is 0 Å². The lowest BCUT2D eigenvalue weighted by Crippen LogP contribution is -2.33. The first-order chi connectivity index (χ1) is 11.9. The highest BCUT2D eigenvalue weighted by Gasteiger charge is 2.35. The summed E-state index contributed by atoms with van der Waals surface area (Å²) in [6.45, 7) is 3.89. The molecule has 0 radical (unpaired) electrons. The largest absolute Gasteiger partial charge is 0.466 e. The zero-order valence-corrected chi connectivity index (χ0v) is 14.3. The number of hydrogen-bond donors (Lipinski definition) is 1. The van der Waals surface area contributed by atoms with Gasteiger partial charge in [0.15, 0.2) is 17.4 Å². The number of Topliss-reactive ketones (excluding diaryl/α,β-unsaturated/α-hetero) is 1. The second kappa shape index (κ2) is 8.47. The number of ether oxygens (including phenoxy) is 1. The van der Waals surface area contributed by atoms with Crippen molar-refractivity contribution >= 4 is 11.8 Å². The second-order valence-electron chi connectivity index (χ2n) is 6.18. The van der Waals surface area contributed by atoms with Gasteiger partial charge in [-0.25, -0.2) is 13.2 Å². The molecule has 7 heteroatoms. The number of ketones is 1. The Labute approximate surface area is 144 Å². The first kappa shape index (κ1) is 19.4. The summed E-state index contributed by atoms with van der Waals surface area (Å²) in [6, 6.07) is 1.01. The molecular weight excluding hydrogens is 335 g/mol. The third-order valence-corrected chi connectivity index (χ3v) is 4.57. The molecule has 1 aromatic rings. The maximum Gasteiger partial charge on any atom is 0.309 e. The number of hydrogen-bond acceptors (Lipinski definition) is 4.